The van der Waals surface area contributed by atoms with Crippen molar-refractivity contribution >= 4 is 11.9 Å². The van der Waals surface area contributed by atoms with Crippen molar-refractivity contribution < 1.29 is 42.0 Å². The van der Waals surface area contributed by atoms with Crippen LogP contribution in [0.1, 0.15) is 27.0 Å². The molecule has 3 aromatic carbocycles. The first-order valence-electron chi connectivity index (χ1n) is 10.5. The van der Waals surface area contributed by atoms with Gasteiger partial charge in [-0.15, -0.1) is 0 Å². The molecule has 1 aliphatic heterocycles. The van der Waals surface area contributed by atoms with Crippen molar-refractivity contribution in [2.24, 2.45) is 0 Å². The highest BCUT2D eigenvalue weighted by Crippen LogP contribution is 2.41. The maximum atomic E-state index is 13.5. The van der Waals surface area contributed by atoms with Gasteiger partial charge in [0.1, 0.15) is 23.9 Å². The number of Topliss-reactive ketones (excluding diaryl/α,β-unsaturated/α-hetero) is 1. The molecule has 0 atom stereocenters. The largest absolute Gasteiger partial charge is 0.493 e. The molecule has 3 aromatic rings. The van der Waals surface area contributed by atoms with Gasteiger partial charge in [-0.1, -0.05) is 6.07 Å². The SMILES string of the molecule is COc1cc(C=C2Oc3cc(OCCO)ccc3C2=O)ccc1Oc1ccc(C#N)cc1C(F)(F)F. The van der Waals surface area contributed by atoms with E-state index in [-0.39, 0.29) is 41.8 Å². The molecule has 0 fully saturated rings. The van der Waals surface area contributed by atoms with Gasteiger partial charge in [-0.2, -0.15) is 18.4 Å². The smallest absolute Gasteiger partial charge is 0.420 e. The molecular weight excluding hydrogens is 479 g/mol. The molecule has 1 aliphatic rings. The molecule has 7 nitrogen and oxygen atoms in total. The monoisotopic (exact) mass is 497 g/mol. The predicted octanol–water partition coefficient (Wildman–Crippen LogP) is 5.37. The summed E-state index contributed by atoms with van der Waals surface area (Å²) in [6.07, 6.45) is -3.27. The summed E-state index contributed by atoms with van der Waals surface area (Å²) < 4.78 is 62.2. The number of aliphatic hydroxyl groups is 1. The van der Waals surface area contributed by atoms with Gasteiger partial charge in [0.15, 0.2) is 17.3 Å². The van der Waals surface area contributed by atoms with Crippen molar-refractivity contribution in [3.63, 3.8) is 0 Å². The molecule has 0 saturated heterocycles. The number of methoxy groups -OCH3 is 1. The Balaban J connectivity index is 1.60. The fourth-order valence-electron chi connectivity index (χ4n) is 3.46. The number of benzene rings is 3. The van der Waals surface area contributed by atoms with Crippen LogP contribution in [-0.4, -0.2) is 31.2 Å². The standard InChI is InChI=1S/C26H18F3NO6/c1-33-23-11-15(12-24-25(32)18-5-4-17(34-9-8-31)13-22(18)36-24)2-7-21(23)35-20-6-3-16(14-30)10-19(20)26(27,28)29/h2-7,10-13,31H,8-9H2,1H3. The van der Waals surface area contributed by atoms with Crippen LogP contribution in [0, 0.1) is 11.3 Å². The van der Waals surface area contributed by atoms with Crippen molar-refractivity contribution in [1.82, 2.24) is 0 Å². The van der Waals surface area contributed by atoms with Gasteiger partial charge in [0, 0.05) is 6.07 Å². The molecule has 184 valence electrons. The van der Waals surface area contributed by atoms with E-state index in [1.165, 1.54) is 43.5 Å². The minimum absolute atomic E-state index is 0.00230. The van der Waals surface area contributed by atoms with Crippen LogP contribution in [0.2, 0.25) is 0 Å². The molecule has 0 saturated carbocycles. The Morgan fingerprint density at radius 1 is 1.06 bits per heavy atom. The first-order valence-corrected chi connectivity index (χ1v) is 10.5. The van der Waals surface area contributed by atoms with Crippen LogP contribution in [0.15, 0.2) is 60.4 Å². The van der Waals surface area contributed by atoms with E-state index in [1.54, 1.807) is 18.2 Å². The third kappa shape index (κ3) is 5.11. The molecule has 0 unspecified atom stereocenters. The van der Waals surface area contributed by atoms with Crippen molar-refractivity contribution in [2.75, 3.05) is 20.3 Å². The van der Waals surface area contributed by atoms with Crippen LogP contribution >= 0.6 is 0 Å². The summed E-state index contributed by atoms with van der Waals surface area (Å²) in [5.41, 5.74) is -0.439. The summed E-state index contributed by atoms with van der Waals surface area (Å²) in [6, 6.07) is 13.8. The number of nitriles is 1. The van der Waals surface area contributed by atoms with Crippen molar-refractivity contribution in [3.8, 4) is 34.8 Å². The molecular formula is C26H18F3NO6. The quantitative estimate of drug-likeness (QED) is 0.439. The molecule has 10 heteroatoms. The summed E-state index contributed by atoms with van der Waals surface area (Å²) in [6.45, 7) is -0.0666. The Morgan fingerprint density at radius 2 is 1.83 bits per heavy atom. The summed E-state index contributed by atoms with van der Waals surface area (Å²) in [5, 5.41) is 17.8. The van der Waals surface area contributed by atoms with E-state index < -0.39 is 17.5 Å². The fourth-order valence-corrected chi connectivity index (χ4v) is 3.46. The fraction of sp³-hybridized carbons (Fsp3) is 0.154. The maximum absolute atomic E-state index is 13.5. The van der Waals surface area contributed by atoms with Gasteiger partial charge in [0.05, 0.1) is 36.5 Å². The van der Waals surface area contributed by atoms with E-state index >= 15 is 0 Å². The second-order valence-corrected chi connectivity index (χ2v) is 7.50. The van der Waals surface area contributed by atoms with Crippen LogP contribution in [0.3, 0.4) is 0 Å². The van der Waals surface area contributed by atoms with Gasteiger partial charge in [-0.05, 0) is 54.1 Å². The van der Waals surface area contributed by atoms with Crippen LogP contribution in [0.4, 0.5) is 13.2 Å². The molecule has 1 heterocycles. The van der Waals surface area contributed by atoms with Crippen molar-refractivity contribution in [1.29, 1.82) is 5.26 Å². The maximum Gasteiger partial charge on any atom is 0.420 e. The number of carbonyl (C=O) groups is 1. The number of alkyl halides is 3. The average molecular weight is 497 g/mol. The number of allylic oxidation sites excluding steroid dienone is 1. The molecule has 36 heavy (non-hydrogen) atoms. The number of carbonyl (C=O) groups excluding carboxylic acids is 1. The van der Waals surface area contributed by atoms with E-state index in [0.717, 1.165) is 6.07 Å². The molecule has 1 N–H and O–H groups in total. The topological polar surface area (TPSA) is 98.0 Å². The highest BCUT2D eigenvalue weighted by molar-refractivity contribution is 6.14. The molecule has 0 spiro atoms. The molecule has 0 aromatic heterocycles. The van der Waals surface area contributed by atoms with E-state index in [4.69, 9.17) is 29.3 Å². The summed E-state index contributed by atoms with van der Waals surface area (Å²) in [4.78, 5) is 12.7. The Hall–Kier alpha value is -4.49. The number of rotatable bonds is 7. The van der Waals surface area contributed by atoms with Gasteiger partial charge in [0.2, 0.25) is 5.78 Å². The number of hydrogen-bond acceptors (Lipinski definition) is 7. The van der Waals surface area contributed by atoms with E-state index in [0.29, 0.717) is 28.7 Å². The average Bonchev–Trinajstić information content (AvgIpc) is 3.17. The molecule has 0 amide bonds. The number of ether oxygens (including phenoxy) is 4. The number of nitrogens with zero attached hydrogens (tertiary/aromatic N) is 1. The summed E-state index contributed by atoms with van der Waals surface area (Å²) in [5.74, 6) is 0.0360. The lowest BCUT2D eigenvalue weighted by atomic mass is 10.1. The number of ketones is 1. The van der Waals surface area contributed by atoms with Gasteiger partial charge < -0.3 is 24.1 Å². The van der Waals surface area contributed by atoms with E-state index in [2.05, 4.69) is 0 Å². The first kappa shape index (κ1) is 24.6. The highest BCUT2D eigenvalue weighted by Gasteiger charge is 2.35. The van der Waals surface area contributed by atoms with Crippen molar-refractivity contribution in [2.45, 2.75) is 6.18 Å². The lowest BCUT2D eigenvalue weighted by molar-refractivity contribution is -0.138. The zero-order chi connectivity index (χ0) is 25.9. The van der Waals surface area contributed by atoms with Crippen LogP contribution in [-0.2, 0) is 6.18 Å². The predicted molar refractivity (Wildman–Crippen MR) is 121 cm³/mol. The van der Waals surface area contributed by atoms with E-state index in [1.807, 2.05) is 0 Å². The zero-order valence-electron chi connectivity index (χ0n) is 18.8. The second-order valence-electron chi connectivity index (χ2n) is 7.50. The van der Waals surface area contributed by atoms with Gasteiger partial charge >= 0.3 is 6.18 Å². The first-order chi connectivity index (χ1) is 17.2. The Bertz CT molecular complexity index is 1390. The lowest BCUT2D eigenvalue weighted by Gasteiger charge is -2.16. The second kappa shape index (κ2) is 10.0. The normalized spacial score (nSPS) is 13.7. The molecule has 0 aliphatic carbocycles. The van der Waals surface area contributed by atoms with Gasteiger partial charge in [-0.3, -0.25) is 4.79 Å². The summed E-state index contributed by atoms with van der Waals surface area (Å²) in [7, 11) is 1.32. The third-order valence-electron chi connectivity index (χ3n) is 5.12. The number of hydrogen-bond donors (Lipinski definition) is 1. The highest BCUT2D eigenvalue weighted by atomic mass is 19.4. The van der Waals surface area contributed by atoms with Crippen LogP contribution in [0.5, 0.6) is 28.7 Å². The Labute approximate surface area is 203 Å². The van der Waals surface area contributed by atoms with Gasteiger partial charge in [-0.25, -0.2) is 0 Å². The Kier molecular flexibility index (Phi) is 6.85. The molecule has 0 radical (unpaired) electrons. The minimum atomic E-state index is -4.74. The number of fused-ring (bicyclic) bond motifs is 1. The third-order valence-corrected chi connectivity index (χ3v) is 5.12. The van der Waals surface area contributed by atoms with Crippen molar-refractivity contribution in [3.05, 3.63) is 82.6 Å². The molecule has 4 rings (SSSR count). The van der Waals surface area contributed by atoms with Crippen LogP contribution in [0.25, 0.3) is 6.08 Å². The lowest BCUT2D eigenvalue weighted by Crippen LogP contribution is -2.08. The summed E-state index contributed by atoms with van der Waals surface area (Å²) >= 11 is 0. The minimum Gasteiger partial charge on any atom is -0.493 e. The Morgan fingerprint density at radius 3 is 2.53 bits per heavy atom. The van der Waals surface area contributed by atoms with Crippen LogP contribution < -0.4 is 18.9 Å². The molecule has 0 bridgehead atoms. The number of aliphatic hydroxyl groups excluding tert-OH is 1. The van der Waals surface area contributed by atoms with E-state index in [9.17, 15) is 18.0 Å². The zero-order valence-corrected chi connectivity index (χ0v) is 18.8. The number of halogens is 3. The van der Waals surface area contributed by atoms with Gasteiger partial charge in [0.25, 0.3) is 0 Å².